The second kappa shape index (κ2) is 8.33. The monoisotopic (exact) mass is 378 g/mol. The normalized spacial score (nSPS) is 12.2. The number of rotatable bonds is 7. The highest BCUT2D eigenvalue weighted by Gasteiger charge is 2.21. The molecule has 0 aliphatic heterocycles. The van der Waals surface area contributed by atoms with E-state index < -0.39 is 17.0 Å². The first kappa shape index (κ1) is 19.9. The first-order chi connectivity index (χ1) is 12.3. The number of nitrogens with one attached hydrogen (secondary N) is 1. The lowest BCUT2D eigenvalue weighted by Crippen LogP contribution is -2.43. The van der Waals surface area contributed by atoms with Crippen LogP contribution in [0.2, 0.25) is 5.02 Å². The zero-order valence-electron chi connectivity index (χ0n) is 15.1. The van der Waals surface area contributed by atoms with E-state index in [4.69, 9.17) is 17.3 Å². The Morgan fingerprint density at radius 1 is 1.27 bits per heavy atom. The molecule has 0 amide bonds. The number of carbonyl (C=O) groups excluding carboxylic acids is 1. The number of hydrogen-bond acceptors (Lipinski definition) is 5. The third kappa shape index (κ3) is 4.05. The molecule has 0 radical (unpaired) electrons. The van der Waals surface area contributed by atoms with Crippen molar-refractivity contribution in [3.8, 4) is 0 Å². The van der Waals surface area contributed by atoms with Crippen LogP contribution >= 0.6 is 11.6 Å². The van der Waals surface area contributed by atoms with E-state index in [1.54, 1.807) is 12.1 Å². The molecule has 7 nitrogen and oxygen atoms in total. The minimum atomic E-state index is -0.675. The molecule has 140 valence electrons. The van der Waals surface area contributed by atoms with Gasteiger partial charge in [-0.1, -0.05) is 30.7 Å². The summed E-state index contributed by atoms with van der Waals surface area (Å²) in [5.74, 6) is -0.528. The smallest absolute Gasteiger partial charge is 0.332 e. The van der Waals surface area contributed by atoms with Crippen LogP contribution in [0.1, 0.15) is 42.2 Å². The summed E-state index contributed by atoms with van der Waals surface area (Å²) in [6.07, 6.45) is 0.655. The van der Waals surface area contributed by atoms with Crippen molar-refractivity contribution < 1.29 is 4.79 Å². The van der Waals surface area contributed by atoms with Crippen molar-refractivity contribution in [1.29, 1.82) is 0 Å². The largest absolute Gasteiger partial charge is 0.384 e. The number of nitrogen functional groups attached to an aromatic ring is 1. The van der Waals surface area contributed by atoms with Crippen molar-refractivity contribution in [2.75, 3.05) is 12.3 Å². The Hall–Kier alpha value is -2.38. The maximum Gasteiger partial charge on any atom is 0.332 e. The van der Waals surface area contributed by atoms with Crippen molar-refractivity contribution in [3.05, 3.63) is 61.3 Å². The van der Waals surface area contributed by atoms with Crippen LogP contribution in [0.5, 0.6) is 0 Å². The van der Waals surface area contributed by atoms with Crippen LogP contribution in [-0.2, 0) is 13.6 Å². The lowest BCUT2D eigenvalue weighted by molar-refractivity contribution is 0.0986. The van der Waals surface area contributed by atoms with Crippen LogP contribution < -0.4 is 22.3 Å². The summed E-state index contributed by atoms with van der Waals surface area (Å²) >= 11 is 5.87. The van der Waals surface area contributed by atoms with Crippen molar-refractivity contribution in [3.63, 3.8) is 0 Å². The van der Waals surface area contributed by atoms with E-state index >= 15 is 0 Å². The molecule has 0 aliphatic rings. The Bertz CT molecular complexity index is 916. The number of ketones is 1. The molecule has 1 aromatic heterocycles. The topological polar surface area (TPSA) is 99.1 Å². The zero-order chi connectivity index (χ0) is 19.4. The molecular weight excluding hydrogens is 356 g/mol. The minimum Gasteiger partial charge on any atom is -0.384 e. The SMILES string of the molecule is CCCn1c(N)c(C(=O)CN[C@H](C)c2ccc(Cl)cc2)c(=O)n(C)c1=O. The molecule has 1 atom stereocenters. The first-order valence-corrected chi connectivity index (χ1v) is 8.77. The van der Waals surface area contributed by atoms with Crippen molar-refractivity contribution in [1.82, 2.24) is 14.5 Å². The summed E-state index contributed by atoms with van der Waals surface area (Å²) in [7, 11) is 1.34. The number of Topliss-reactive ketones (excluding diaryl/α,β-unsaturated/α-hetero) is 1. The highest BCUT2D eigenvalue weighted by Crippen LogP contribution is 2.16. The van der Waals surface area contributed by atoms with Crippen LogP contribution in [0.15, 0.2) is 33.9 Å². The predicted octanol–water partition coefficient (Wildman–Crippen LogP) is 1.73. The third-order valence-corrected chi connectivity index (χ3v) is 4.50. The summed E-state index contributed by atoms with van der Waals surface area (Å²) in [6, 6.07) is 7.14. The maximum absolute atomic E-state index is 12.6. The van der Waals surface area contributed by atoms with Crippen molar-refractivity contribution in [2.24, 2.45) is 7.05 Å². The van der Waals surface area contributed by atoms with Crippen LogP contribution in [0, 0.1) is 0 Å². The van der Waals surface area contributed by atoms with Gasteiger partial charge in [0.2, 0.25) is 0 Å². The molecule has 8 heteroatoms. The highest BCUT2D eigenvalue weighted by molar-refractivity contribution is 6.30. The van der Waals surface area contributed by atoms with E-state index in [-0.39, 0.29) is 24.0 Å². The van der Waals surface area contributed by atoms with Gasteiger partial charge in [0.15, 0.2) is 5.78 Å². The standard InChI is InChI=1S/C18H23ClN4O3/c1-4-9-23-16(20)15(17(25)22(3)18(23)26)14(24)10-21-11(2)12-5-7-13(19)8-6-12/h5-8,11,21H,4,9-10,20H2,1-3H3/t11-/m1/s1. The number of halogens is 1. The van der Waals surface area contributed by atoms with Crippen molar-refractivity contribution >= 4 is 23.2 Å². The van der Waals surface area contributed by atoms with Gasteiger partial charge in [0.25, 0.3) is 5.56 Å². The Labute approximate surface area is 156 Å². The van der Waals surface area contributed by atoms with Gasteiger partial charge in [0, 0.05) is 24.7 Å². The molecular formula is C18H23ClN4O3. The second-order valence-electron chi connectivity index (χ2n) is 6.14. The summed E-state index contributed by atoms with van der Waals surface area (Å²) in [5, 5.41) is 3.70. The molecule has 0 bridgehead atoms. The lowest BCUT2D eigenvalue weighted by Gasteiger charge is -2.16. The summed E-state index contributed by atoms with van der Waals surface area (Å²) < 4.78 is 2.18. The molecule has 0 saturated heterocycles. The van der Waals surface area contributed by atoms with Gasteiger partial charge in [0.1, 0.15) is 11.4 Å². The average Bonchev–Trinajstić information content (AvgIpc) is 2.62. The van der Waals surface area contributed by atoms with Gasteiger partial charge >= 0.3 is 5.69 Å². The molecule has 2 aromatic rings. The maximum atomic E-state index is 12.6. The number of nitrogens with zero attached hydrogens (tertiary/aromatic N) is 2. The Morgan fingerprint density at radius 2 is 1.88 bits per heavy atom. The zero-order valence-corrected chi connectivity index (χ0v) is 15.8. The third-order valence-electron chi connectivity index (χ3n) is 4.25. The van der Waals surface area contributed by atoms with Gasteiger partial charge < -0.3 is 11.1 Å². The van der Waals surface area contributed by atoms with Crippen LogP contribution in [0.25, 0.3) is 0 Å². The lowest BCUT2D eigenvalue weighted by atomic mass is 10.1. The highest BCUT2D eigenvalue weighted by atomic mass is 35.5. The fourth-order valence-electron chi connectivity index (χ4n) is 2.69. The van der Waals surface area contributed by atoms with Crippen molar-refractivity contribution in [2.45, 2.75) is 32.9 Å². The molecule has 0 unspecified atom stereocenters. The molecule has 26 heavy (non-hydrogen) atoms. The molecule has 1 aromatic carbocycles. The Kier molecular flexibility index (Phi) is 6.39. The molecule has 1 heterocycles. The molecule has 3 N–H and O–H groups in total. The predicted molar refractivity (Wildman–Crippen MR) is 103 cm³/mol. The average molecular weight is 379 g/mol. The van der Waals surface area contributed by atoms with Crippen LogP contribution in [0.4, 0.5) is 5.82 Å². The molecule has 2 rings (SSSR count). The van der Waals surface area contributed by atoms with E-state index in [1.165, 1.54) is 11.6 Å². The van der Waals surface area contributed by atoms with E-state index in [0.717, 1.165) is 10.1 Å². The van der Waals surface area contributed by atoms with E-state index in [2.05, 4.69) is 5.32 Å². The Balaban J connectivity index is 2.25. The van der Waals surface area contributed by atoms with E-state index in [0.29, 0.717) is 18.0 Å². The molecule has 0 spiro atoms. The molecule has 0 aliphatic carbocycles. The summed E-state index contributed by atoms with van der Waals surface area (Å²) in [6.45, 7) is 4.05. The van der Waals surface area contributed by atoms with Gasteiger partial charge in [0.05, 0.1) is 6.54 Å². The van der Waals surface area contributed by atoms with Gasteiger partial charge in [-0.3, -0.25) is 18.7 Å². The quantitative estimate of drug-likeness (QED) is 0.715. The first-order valence-electron chi connectivity index (χ1n) is 8.39. The molecule has 0 saturated carbocycles. The van der Waals surface area contributed by atoms with Gasteiger partial charge in [-0.25, -0.2) is 4.79 Å². The van der Waals surface area contributed by atoms with Gasteiger partial charge in [-0.05, 0) is 31.0 Å². The second-order valence-corrected chi connectivity index (χ2v) is 6.57. The number of hydrogen-bond donors (Lipinski definition) is 2. The number of carbonyl (C=O) groups is 1. The molecule has 0 fully saturated rings. The fourth-order valence-corrected chi connectivity index (χ4v) is 2.81. The Morgan fingerprint density at radius 3 is 2.46 bits per heavy atom. The summed E-state index contributed by atoms with van der Waals surface area (Å²) in [4.78, 5) is 37.1. The number of nitrogens with two attached hydrogens (primary N) is 1. The fraction of sp³-hybridized carbons (Fsp3) is 0.389. The van der Waals surface area contributed by atoms with Gasteiger partial charge in [-0.2, -0.15) is 0 Å². The number of benzene rings is 1. The van der Waals surface area contributed by atoms with E-state index in [9.17, 15) is 14.4 Å². The van der Waals surface area contributed by atoms with Crippen LogP contribution in [-0.4, -0.2) is 21.5 Å². The number of anilines is 1. The number of aromatic nitrogens is 2. The van der Waals surface area contributed by atoms with E-state index in [1.807, 2.05) is 26.0 Å². The summed E-state index contributed by atoms with van der Waals surface area (Å²) in [5.41, 5.74) is 5.57. The van der Waals surface area contributed by atoms with Gasteiger partial charge in [-0.15, -0.1) is 0 Å². The van der Waals surface area contributed by atoms with Crippen LogP contribution in [0.3, 0.4) is 0 Å². The minimum absolute atomic E-state index is 0.0758.